The van der Waals surface area contributed by atoms with Crippen molar-refractivity contribution in [3.63, 3.8) is 0 Å². The highest BCUT2D eigenvalue weighted by atomic mass is 79.9. The summed E-state index contributed by atoms with van der Waals surface area (Å²) in [6, 6.07) is 9.73. The lowest BCUT2D eigenvalue weighted by atomic mass is 10.1. The molecule has 0 spiro atoms. The summed E-state index contributed by atoms with van der Waals surface area (Å²) >= 11 is 3.48. The Balaban J connectivity index is 2.27. The van der Waals surface area contributed by atoms with Crippen molar-refractivity contribution in [2.24, 2.45) is 7.05 Å². The van der Waals surface area contributed by atoms with Gasteiger partial charge in [-0.1, -0.05) is 15.9 Å². The summed E-state index contributed by atoms with van der Waals surface area (Å²) in [4.78, 5) is 16.8. The van der Waals surface area contributed by atoms with Crippen LogP contribution in [0.4, 0.5) is 0 Å². The fourth-order valence-electron chi connectivity index (χ4n) is 2.69. The van der Waals surface area contributed by atoms with Crippen LogP contribution in [0.15, 0.2) is 45.8 Å². The molecule has 2 aromatic heterocycles. The first-order chi connectivity index (χ1) is 9.99. The average molecular weight is 346 g/mol. The third-order valence-corrected chi connectivity index (χ3v) is 4.28. The lowest BCUT2D eigenvalue weighted by Crippen LogP contribution is -2.22. The number of nitrogens with zero attached hydrogens (tertiary/aromatic N) is 3. The van der Waals surface area contributed by atoms with Gasteiger partial charge < -0.3 is 0 Å². The van der Waals surface area contributed by atoms with Gasteiger partial charge in [0.05, 0.1) is 22.6 Å². The van der Waals surface area contributed by atoms with Crippen LogP contribution in [-0.2, 0) is 7.05 Å². The Kier molecular flexibility index (Phi) is 3.45. The van der Waals surface area contributed by atoms with Gasteiger partial charge in [0.15, 0.2) is 0 Å². The smallest absolute Gasteiger partial charge is 0.273 e. The topological polar surface area (TPSA) is 39.8 Å². The molecule has 21 heavy (non-hydrogen) atoms. The lowest BCUT2D eigenvalue weighted by molar-refractivity contribution is 0.472. The molecule has 0 N–H and O–H groups in total. The van der Waals surface area contributed by atoms with E-state index in [1.807, 2.05) is 35.9 Å². The van der Waals surface area contributed by atoms with Crippen LogP contribution in [0.2, 0.25) is 0 Å². The predicted octanol–water partition coefficient (Wildman–Crippen LogP) is 3.42. The fraction of sp³-hybridized carbons (Fsp3) is 0.250. The van der Waals surface area contributed by atoms with Gasteiger partial charge >= 0.3 is 0 Å². The van der Waals surface area contributed by atoms with Crippen molar-refractivity contribution in [3.05, 3.63) is 62.6 Å². The van der Waals surface area contributed by atoms with E-state index in [1.54, 1.807) is 17.9 Å². The maximum Gasteiger partial charge on any atom is 0.274 e. The zero-order chi connectivity index (χ0) is 15.1. The van der Waals surface area contributed by atoms with Crippen LogP contribution in [0.1, 0.15) is 24.2 Å². The normalized spacial score (nSPS) is 12.8. The first kappa shape index (κ1) is 14.1. The number of hydrogen-bond acceptors (Lipinski definition) is 2. The number of aromatic nitrogens is 3. The molecule has 0 amide bonds. The molecule has 0 bridgehead atoms. The summed E-state index contributed by atoms with van der Waals surface area (Å²) in [5.74, 6) is 0. The van der Waals surface area contributed by atoms with Gasteiger partial charge in [-0.15, -0.1) is 0 Å². The van der Waals surface area contributed by atoms with E-state index in [1.165, 1.54) is 0 Å². The standard InChI is InChI=1S/C16H16BrN3O/c1-10-6-7-18-14(8-10)11(2)20-15-9-12(17)4-5-13(15)16(21)19(20)3/h4-9,11H,1-3H3. The first-order valence-electron chi connectivity index (χ1n) is 6.78. The summed E-state index contributed by atoms with van der Waals surface area (Å²) in [5.41, 5.74) is 3.03. The summed E-state index contributed by atoms with van der Waals surface area (Å²) in [6.07, 6.45) is 1.81. The lowest BCUT2D eigenvalue weighted by Gasteiger charge is -2.17. The third-order valence-electron chi connectivity index (χ3n) is 3.79. The van der Waals surface area contributed by atoms with Gasteiger partial charge in [0.1, 0.15) is 0 Å². The van der Waals surface area contributed by atoms with Gasteiger partial charge in [0, 0.05) is 17.7 Å². The van der Waals surface area contributed by atoms with Crippen LogP contribution in [-0.4, -0.2) is 14.3 Å². The molecule has 0 fully saturated rings. The number of benzene rings is 1. The maximum absolute atomic E-state index is 12.4. The highest BCUT2D eigenvalue weighted by Gasteiger charge is 2.18. The van der Waals surface area contributed by atoms with Crippen molar-refractivity contribution in [2.45, 2.75) is 19.9 Å². The Bertz CT molecular complexity index is 879. The van der Waals surface area contributed by atoms with Gasteiger partial charge in [-0.3, -0.25) is 19.1 Å². The van der Waals surface area contributed by atoms with E-state index in [2.05, 4.69) is 33.9 Å². The van der Waals surface area contributed by atoms with Crippen molar-refractivity contribution >= 4 is 26.8 Å². The predicted molar refractivity (Wildman–Crippen MR) is 87.7 cm³/mol. The summed E-state index contributed by atoms with van der Waals surface area (Å²) < 4.78 is 4.61. The van der Waals surface area contributed by atoms with Crippen molar-refractivity contribution < 1.29 is 0 Å². The van der Waals surface area contributed by atoms with Gasteiger partial charge in [0.2, 0.25) is 0 Å². The molecule has 0 saturated carbocycles. The Morgan fingerprint density at radius 3 is 2.71 bits per heavy atom. The van der Waals surface area contributed by atoms with E-state index < -0.39 is 0 Å². The SMILES string of the molecule is Cc1ccnc(C(C)n2c3cc(Br)ccc3c(=O)n2C)c1. The van der Waals surface area contributed by atoms with E-state index in [0.717, 1.165) is 26.6 Å². The molecular weight excluding hydrogens is 330 g/mol. The van der Waals surface area contributed by atoms with Crippen LogP contribution in [0.3, 0.4) is 0 Å². The van der Waals surface area contributed by atoms with Crippen molar-refractivity contribution in [3.8, 4) is 0 Å². The Labute approximate surface area is 131 Å². The highest BCUT2D eigenvalue weighted by molar-refractivity contribution is 9.10. The van der Waals surface area contributed by atoms with Crippen LogP contribution >= 0.6 is 15.9 Å². The molecule has 0 saturated heterocycles. The molecule has 3 rings (SSSR count). The minimum absolute atomic E-state index is 0.0111. The molecule has 3 aromatic rings. The minimum Gasteiger partial charge on any atom is -0.273 e. The quantitative estimate of drug-likeness (QED) is 0.713. The summed E-state index contributed by atoms with van der Waals surface area (Å²) in [7, 11) is 1.79. The zero-order valence-corrected chi connectivity index (χ0v) is 13.8. The molecule has 2 heterocycles. The number of pyridine rings is 1. The van der Waals surface area contributed by atoms with Crippen LogP contribution in [0.5, 0.6) is 0 Å². The molecule has 1 atom stereocenters. The number of aryl methyl sites for hydroxylation is 1. The van der Waals surface area contributed by atoms with Gasteiger partial charge in [-0.05, 0) is 49.7 Å². The van der Waals surface area contributed by atoms with E-state index in [9.17, 15) is 4.79 Å². The molecular formula is C16H16BrN3O. The molecule has 0 aliphatic carbocycles. The van der Waals surface area contributed by atoms with Gasteiger partial charge in [0.25, 0.3) is 5.56 Å². The number of hydrogen-bond donors (Lipinski definition) is 0. The van der Waals surface area contributed by atoms with Gasteiger partial charge in [-0.25, -0.2) is 0 Å². The molecule has 0 aliphatic heterocycles. The largest absolute Gasteiger partial charge is 0.274 e. The minimum atomic E-state index is -0.0191. The highest BCUT2D eigenvalue weighted by Crippen LogP contribution is 2.24. The molecule has 5 heteroatoms. The van der Waals surface area contributed by atoms with E-state index in [4.69, 9.17) is 0 Å². The molecule has 1 unspecified atom stereocenters. The number of rotatable bonds is 2. The first-order valence-corrected chi connectivity index (χ1v) is 7.57. The van der Waals surface area contributed by atoms with Crippen molar-refractivity contribution in [2.75, 3.05) is 0 Å². The van der Waals surface area contributed by atoms with E-state index in [0.29, 0.717) is 0 Å². The monoisotopic (exact) mass is 345 g/mol. The van der Waals surface area contributed by atoms with E-state index in [-0.39, 0.29) is 11.6 Å². The zero-order valence-electron chi connectivity index (χ0n) is 12.2. The molecule has 0 radical (unpaired) electrons. The number of halogens is 1. The van der Waals surface area contributed by atoms with E-state index >= 15 is 0 Å². The van der Waals surface area contributed by atoms with Crippen molar-refractivity contribution in [1.29, 1.82) is 0 Å². The second-order valence-electron chi connectivity index (χ2n) is 5.27. The summed E-state index contributed by atoms with van der Waals surface area (Å²) in [5, 5.41) is 0.722. The molecule has 1 aromatic carbocycles. The second-order valence-corrected chi connectivity index (χ2v) is 6.18. The molecule has 108 valence electrons. The van der Waals surface area contributed by atoms with Crippen LogP contribution < -0.4 is 5.56 Å². The van der Waals surface area contributed by atoms with Crippen molar-refractivity contribution in [1.82, 2.24) is 14.3 Å². The molecule has 0 aliphatic rings. The van der Waals surface area contributed by atoms with Crippen LogP contribution in [0, 0.1) is 6.92 Å². The Hall–Kier alpha value is -1.88. The second kappa shape index (κ2) is 5.15. The Morgan fingerprint density at radius 2 is 2.00 bits per heavy atom. The third kappa shape index (κ3) is 2.31. The Morgan fingerprint density at radius 1 is 1.24 bits per heavy atom. The number of fused-ring (bicyclic) bond motifs is 1. The fourth-order valence-corrected chi connectivity index (χ4v) is 3.04. The average Bonchev–Trinajstić information content (AvgIpc) is 2.70. The van der Waals surface area contributed by atoms with Gasteiger partial charge in [-0.2, -0.15) is 0 Å². The summed E-state index contributed by atoms with van der Waals surface area (Å²) in [6.45, 7) is 4.10. The molecule has 4 nitrogen and oxygen atoms in total. The van der Waals surface area contributed by atoms with Crippen LogP contribution in [0.25, 0.3) is 10.9 Å². The maximum atomic E-state index is 12.4.